The summed E-state index contributed by atoms with van der Waals surface area (Å²) in [5.74, 6) is 0.851. The number of rotatable bonds is 7. The fourth-order valence-corrected chi connectivity index (χ4v) is 4.84. The molecule has 1 aromatic carbocycles. The fraction of sp³-hybridized carbons (Fsp3) is 0.370. The second kappa shape index (κ2) is 10.4. The molecule has 1 amide bonds. The number of aromatic nitrogens is 3. The van der Waals surface area contributed by atoms with E-state index in [1.807, 2.05) is 24.4 Å². The molecule has 0 atom stereocenters. The number of methoxy groups -OCH3 is 1. The molecule has 3 heterocycles. The molecule has 2 aromatic heterocycles. The lowest BCUT2D eigenvalue weighted by atomic mass is 9.96. The monoisotopic (exact) mass is 487 g/mol. The molecule has 1 aliphatic heterocycles. The number of amides is 1. The quantitative estimate of drug-likeness (QED) is 0.421. The molecule has 9 nitrogen and oxygen atoms in total. The largest absolute Gasteiger partial charge is 0.494 e. The third kappa shape index (κ3) is 4.92. The minimum absolute atomic E-state index is 0.267. The Kier molecular flexibility index (Phi) is 6.90. The Morgan fingerprint density at radius 1 is 1.17 bits per heavy atom. The van der Waals surface area contributed by atoms with Crippen LogP contribution >= 0.6 is 0 Å². The number of benzene rings is 1. The number of carbonyl (C=O) groups excluding carboxylic acids is 1. The van der Waals surface area contributed by atoms with Crippen LogP contribution in [0.5, 0.6) is 5.75 Å². The van der Waals surface area contributed by atoms with E-state index in [0.29, 0.717) is 23.1 Å². The zero-order valence-corrected chi connectivity index (χ0v) is 20.9. The number of aromatic amines is 1. The number of hydrogen-bond donors (Lipinski definition) is 3. The van der Waals surface area contributed by atoms with Crippen LogP contribution in [0.15, 0.2) is 43.1 Å². The number of ether oxygens (including phenoxy) is 1. The van der Waals surface area contributed by atoms with Gasteiger partial charge >= 0.3 is 0 Å². The molecular weight excluding hydrogens is 454 g/mol. The molecule has 0 radical (unpaired) electrons. The van der Waals surface area contributed by atoms with Gasteiger partial charge in [0, 0.05) is 43.8 Å². The van der Waals surface area contributed by atoms with Crippen LogP contribution in [-0.2, 0) is 4.79 Å². The van der Waals surface area contributed by atoms with Gasteiger partial charge in [-0.25, -0.2) is 4.98 Å². The van der Waals surface area contributed by atoms with Crippen LogP contribution in [0.4, 0.5) is 23.0 Å². The molecule has 3 N–H and O–H groups in total. The molecule has 1 fully saturated rings. The smallest absolute Gasteiger partial charge is 0.247 e. The highest BCUT2D eigenvalue weighted by Gasteiger charge is 2.22. The Balaban J connectivity index is 1.54. The Bertz CT molecular complexity index is 1300. The average molecular weight is 488 g/mol. The minimum Gasteiger partial charge on any atom is -0.494 e. The fourth-order valence-electron chi connectivity index (χ4n) is 4.84. The van der Waals surface area contributed by atoms with Gasteiger partial charge in [-0.1, -0.05) is 12.7 Å². The van der Waals surface area contributed by atoms with Gasteiger partial charge in [-0.05, 0) is 56.5 Å². The first-order chi connectivity index (χ1) is 17.6. The summed E-state index contributed by atoms with van der Waals surface area (Å²) in [6.07, 6.45) is 9.92. The van der Waals surface area contributed by atoms with Crippen LogP contribution in [0, 0.1) is 0 Å². The van der Waals surface area contributed by atoms with Crippen molar-refractivity contribution in [3.8, 4) is 5.75 Å². The molecule has 0 unspecified atom stereocenters. The number of piperazine rings is 1. The second-order valence-corrected chi connectivity index (χ2v) is 9.29. The van der Waals surface area contributed by atoms with Gasteiger partial charge in [0.2, 0.25) is 11.9 Å². The highest BCUT2D eigenvalue weighted by atomic mass is 16.5. The summed E-state index contributed by atoms with van der Waals surface area (Å²) in [5.41, 5.74) is 5.26. The van der Waals surface area contributed by atoms with Gasteiger partial charge < -0.3 is 30.2 Å². The van der Waals surface area contributed by atoms with E-state index in [0.717, 1.165) is 61.4 Å². The Labute approximate surface area is 211 Å². The van der Waals surface area contributed by atoms with Crippen LogP contribution in [0.3, 0.4) is 0 Å². The molecule has 188 valence electrons. The average Bonchev–Trinajstić information content (AvgIpc) is 3.38. The molecule has 0 saturated carbocycles. The van der Waals surface area contributed by atoms with Gasteiger partial charge in [-0.3, -0.25) is 4.79 Å². The van der Waals surface area contributed by atoms with E-state index in [9.17, 15) is 4.79 Å². The van der Waals surface area contributed by atoms with Crippen LogP contribution in [0.25, 0.3) is 16.6 Å². The standard InChI is InChI=1S/C27H33N7O2/c1-4-24(35)29-20-16-21(23(36-3)17-22(20)34-14-12-33(2)13-15-34)30-27-31-25(18-8-6-5-7-9-18)19-10-11-28-26(19)32-27/h4,8,10-11,16-17H,1,5-7,9,12-15H2,2-3H3,(H,29,35)(H2,28,30,31,32). The Morgan fingerprint density at radius 3 is 2.72 bits per heavy atom. The third-order valence-corrected chi connectivity index (χ3v) is 6.86. The summed E-state index contributed by atoms with van der Waals surface area (Å²) in [7, 11) is 3.76. The van der Waals surface area contributed by atoms with Crippen molar-refractivity contribution in [1.29, 1.82) is 0 Å². The Morgan fingerprint density at radius 2 is 2.00 bits per heavy atom. The van der Waals surface area contributed by atoms with Crippen molar-refractivity contribution in [2.75, 3.05) is 55.9 Å². The summed E-state index contributed by atoms with van der Waals surface area (Å²) in [4.78, 5) is 29.7. The van der Waals surface area contributed by atoms with E-state index >= 15 is 0 Å². The maximum atomic E-state index is 12.3. The first kappa shape index (κ1) is 23.9. The molecule has 5 rings (SSSR count). The van der Waals surface area contributed by atoms with Gasteiger partial charge in [0.05, 0.1) is 29.9 Å². The van der Waals surface area contributed by atoms with Crippen LogP contribution in [0.1, 0.15) is 31.4 Å². The number of H-pyrrole nitrogens is 1. The number of allylic oxidation sites excluding steroid dienone is 2. The molecule has 1 saturated heterocycles. The Hall–Kier alpha value is -3.85. The minimum atomic E-state index is -0.267. The lowest BCUT2D eigenvalue weighted by Crippen LogP contribution is -2.44. The van der Waals surface area contributed by atoms with Crippen molar-refractivity contribution in [2.24, 2.45) is 0 Å². The molecule has 2 aliphatic rings. The first-order valence-electron chi connectivity index (χ1n) is 12.5. The topological polar surface area (TPSA) is 98.4 Å². The molecule has 1 aliphatic carbocycles. The van der Waals surface area contributed by atoms with E-state index in [-0.39, 0.29) is 5.91 Å². The van der Waals surface area contributed by atoms with Crippen LogP contribution in [0.2, 0.25) is 0 Å². The number of hydrogen-bond acceptors (Lipinski definition) is 7. The lowest BCUT2D eigenvalue weighted by Gasteiger charge is -2.35. The maximum Gasteiger partial charge on any atom is 0.247 e. The normalized spacial score (nSPS) is 16.5. The number of nitrogens with one attached hydrogen (secondary N) is 3. The number of likely N-dealkylation sites (N-methyl/N-ethyl adjacent to an activating group) is 1. The molecule has 3 aromatic rings. The van der Waals surface area contributed by atoms with Crippen LogP contribution in [-0.4, -0.2) is 66.1 Å². The zero-order valence-electron chi connectivity index (χ0n) is 20.9. The molecular formula is C27H33N7O2. The lowest BCUT2D eigenvalue weighted by molar-refractivity contribution is -0.111. The second-order valence-electron chi connectivity index (χ2n) is 9.29. The van der Waals surface area contributed by atoms with Gasteiger partial charge in [0.15, 0.2) is 0 Å². The van der Waals surface area contributed by atoms with Crippen molar-refractivity contribution in [3.05, 3.63) is 48.8 Å². The molecule has 0 spiro atoms. The predicted octanol–water partition coefficient (Wildman–Crippen LogP) is 4.54. The predicted molar refractivity (Wildman–Crippen MR) is 145 cm³/mol. The first-order valence-corrected chi connectivity index (χ1v) is 12.5. The van der Waals surface area contributed by atoms with Gasteiger partial charge in [0.1, 0.15) is 11.4 Å². The van der Waals surface area contributed by atoms with E-state index < -0.39 is 0 Å². The summed E-state index contributed by atoms with van der Waals surface area (Å²) >= 11 is 0. The number of fused-ring (bicyclic) bond motifs is 1. The van der Waals surface area contributed by atoms with E-state index in [1.54, 1.807) is 7.11 Å². The number of carbonyl (C=O) groups is 1. The molecule has 0 bridgehead atoms. The van der Waals surface area contributed by atoms with Crippen LogP contribution < -0.4 is 20.3 Å². The van der Waals surface area contributed by atoms with E-state index in [1.165, 1.54) is 24.5 Å². The summed E-state index contributed by atoms with van der Waals surface area (Å²) in [6.45, 7) is 7.21. The zero-order chi connectivity index (χ0) is 25.1. The van der Waals surface area contributed by atoms with Gasteiger partial charge in [-0.2, -0.15) is 4.98 Å². The highest BCUT2D eigenvalue weighted by Crippen LogP contribution is 2.39. The van der Waals surface area contributed by atoms with Gasteiger partial charge in [-0.15, -0.1) is 0 Å². The van der Waals surface area contributed by atoms with Gasteiger partial charge in [0.25, 0.3) is 0 Å². The van der Waals surface area contributed by atoms with Crippen molar-refractivity contribution in [3.63, 3.8) is 0 Å². The number of anilines is 4. The van der Waals surface area contributed by atoms with Crippen molar-refractivity contribution in [2.45, 2.75) is 25.7 Å². The summed E-state index contributed by atoms with van der Waals surface area (Å²) in [5, 5.41) is 7.34. The highest BCUT2D eigenvalue weighted by molar-refractivity contribution is 6.02. The summed E-state index contributed by atoms with van der Waals surface area (Å²) in [6, 6.07) is 5.87. The number of nitrogens with zero attached hydrogens (tertiary/aromatic N) is 4. The van der Waals surface area contributed by atoms with Crippen molar-refractivity contribution < 1.29 is 9.53 Å². The third-order valence-electron chi connectivity index (χ3n) is 6.86. The summed E-state index contributed by atoms with van der Waals surface area (Å²) < 4.78 is 5.77. The van der Waals surface area contributed by atoms with E-state index in [4.69, 9.17) is 14.7 Å². The van der Waals surface area contributed by atoms with Crippen molar-refractivity contribution in [1.82, 2.24) is 19.9 Å². The molecule has 36 heavy (non-hydrogen) atoms. The van der Waals surface area contributed by atoms with Crippen molar-refractivity contribution >= 4 is 45.5 Å². The molecule has 9 heteroatoms. The van der Waals surface area contributed by atoms with E-state index in [2.05, 4.69) is 45.1 Å². The SMILES string of the molecule is C=CC(=O)Nc1cc(Nc2nc(C3=CCCCC3)c3cc[nH]c3n2)c(OC)cc1N1CCN(C)CC1. The maximum absolute atomic E-state index is 12.3.